The molecule has 3 saturated heterocycles. The Kier molecular flexibility index (Phi) is 13.9. The van der Waals surface area contributed by atoms with Gasteiger partial charge in [-0.05, 0) is 12.8 Å². The topological polar surface area (TPSA) is 198 Å². The number of nitrogens with one attached hydrogen (secondary N) is 4. The Balaban J connectivity index is 1.04. The van der Waals surface area contributed by atoms with Crippen molar-refractivity contribution >= 4 is 44.7 Å². The number of para-hydroxylation sites is 1. The Labute approximate surface area is 392 Å². The monoisotopic (exact) mass is 1030 g/mol. The van der Waals surface area contributed by atoms with Gasteiger partial charge in [-0.3, -0.25) is 0 Å². The molecule has 4 amide bonds. The van der Waals surface area contributed by atoms with Gasteiger partial charge in [0.05, 0.1) is 0 Å². The van der Waals surface area contributed by atoms with Crippen molar-refractivity contribution in [1.82, 2.24) is 35.5 Å². The minimum atomic E-state index is -3.99. The number of benzene rings is 1. The number of aromatic nitrogens is 1. The van der Waals surface area contributed by atoms with Gasteiger partial charge in [-0.2, -0.15) is 0 Å². The average Bonchev–Trinajstić information content (AvgIpc) is 4.27. The summed E-state index contributed by atoms with van der Waals surface area (Å²) in [6, 6.07) is 5.84. The molecule has 65 heavy (non-hydrogen) atoms. The molecule has 4 N–H and O–H groups in total. The Morgan fingerprint density at radius 1 is 1.02 bits per heavy atom. The van der Waals surface area contributed by atoms with E-state index in [1.165, 1.54) is 4.90 Å². The number of sulfonamides is 1. The quantitative estimate of drug-likeness (QED) is 0.0773. The molecule has 356 valence electrons. The van der Waals surface area contributed by atoms with E-state index in [1.807, 2.05) is 24.3 Å². The van der Waals surface area contributed by atoms with E-state index >= 15 is 4.79 Å². The summed E-state index contributed by atoms with van der Waals surface area (Å²) in [5.41, 5.74) is 1.57. The molecule has 2 unspecified atom stereocenters. The van der Waals surface area contributed by atoms with E-state index < -0.39 is 85.4 Å². The van der Waals surface area contributed by atoms with E-state index in [-0.39, 0.29) is 30.9 Å². The van der Waals surface area contributed by atoms with Crippen molar-refractivity contribution < 1.29 is 63.0 Å². The summed E-state index contributed by atoms with van der Waals surface area (Å²) in [5, 5.41) is 10.2. The number of pyridine rings is 1. The molecule has 5 heterocycles. The fourth-order valence-corrected chi connectivity index (χ4v) is 14.3. The number of alkyl carbamates (subject to hydrolysis) is 1. The zero-order valence-corrected chi connectivity index (χ0v) is 40.5. The normalized spacial score (nSPS) is 30.9. The number of amides is 4. The Morgan fingerprint density at radius 2 is 1.75 bits per heavy atom. The molecule has 6 fully saturated rings. The third-order valence-corrected chi connectivity index (χ3v) is 20.7. The van der Waals surface area contributed by atoms with Crippen LogP contribution >= 0.6 is 0 Å². The first kappa shape index (κ1) is 46.4. The summed E-state index contributed by atoms with van der Waals surface area (Å²) in [4.78, 5) is 66.5. The van der Waals surface area contributed by atoms with Crippen molar-refractivity contribution in [2.75, 3.05) is 45.9 Å². The predicted octanol–water partition coefficient (Wildman–Crippen LogP) is 0.906. The second-order valence-electron chi connectivity index (χ2n) is 19.4. The first-order valence-electron chi connectivity index (χ1n) is 24.0. The molecule has 3 aliphatic carbocycles. The number of fused-ring (bicyclic) bond motifs is 5. The molecule has 4 aliphatic heterocycles. The van der Waals surface area contributed by atoms with Crippen molar-refractivity contribution in [1.29, 1.82) is 0 Å². The molecule has 3 saturated carbocycles. The Hall–Kier alpha value is -3.75. The van der Waals surface area contributed by atoms with E-state index in [0.29, 0.717) is 37.3 Å². The summed E-state index contributed by atoms with van der Waals surface area (Å²) in [6.45, 7) is 10.9. The van der Waals surface area contributed by atoms with E-state index in [9.17, 15) is 22.8 Å². The number of halogens is 1. The number of nitrogens with zero attached hydrogens (tertiary/aromatic N) is 3. The molecule has 18 heteroatoms. The van der Waals surface area contributed by atoms with Crippen LogP contribution in [0.1, 0.15) is 102 Å². The number of carbonyl (C=O) groups is 4. The second-order valence-corrected chi connectivity index (χ2v) is 25.3. The number of hydrogen-bond acceptors (Lipinski definition) is 12. The average molecular weight is 1030 g/mol. The van der Waals surface area contributed by atoms with Crippen LogP contribution in [0.25, 0.3) is 10.9 Å². The van der Waals surface area contributed by atoms with Gasteiger partial charge in [0, 0.05) is 32.7 Å². The fraction of sp³-hybridized carbons (Fsp3) is 0.681. The van der Waals surface area contributed by atoms with E-state index in [2.05, 4.69) is 32.2 Å². The molecule has 7 atom stereocenters. The predicted molar refractivity (Wildman–Crippen MR) is 239 cm³/mol. The molecule has 7 aliphatic rings. The molecule has 9 rings (SSSR count). The fourth-order valence-electron chi connectivity index (χ4n) is 10.2. The third-order valence-electron chi connectivity index (χ3n) is 14.7. The van der Waals surface area contributed by atoms with Gasteiger partial charge in [0.15, 0.2) is 0 Å². The first-order chi connectivity index (χ1) is 31.4. The van der Waals surface area contributed by atoms with Crippen LogP contribution in [0.2, 0.25) is 0 Å². The molecule has 1 aromatic carbocycles. The van der Waals surface area contributed by atoms with Crippen LogP contribution in [-0.2, 0) is 35.6 Å². The molecule has 0 spiro atoms. The van der Waals surface area contributed by atoms with Crippen molar-refractivity contribution in [3.63, 3.8) is 0 Å². The maximum absolute atomic E-state index is 15.1. The van der Waals surface area contributed by atoms with Crippen LogP contribution in [0.3, 0.4) is 0 Å². The molecule has 2 aromatic rings. The molecular weight excluding hydrogens is 966 g/mol. The Bertz CT molecular complexity index is 2250. The van der Waals surface area contributed by atoms with Crippen molar-refractivity contribution in [3.8, 4) is 11.6 Å². The van der Waals surface area contributed by atoms with Gasteiger partial charge in [-0.25, -0.2) is 0 Å². The van der Waals surface area contributed by atoms with Gasteiger partial charge < -0.3 is 10.2 Å². The van der Waals surface area contributed by atoms with Crippen molar-refractivity contribution in [2.24, 2.45) is 11.8 Å². The third kappa shape index (κ3) is 10.2. The van der Waals surface area contributed by atoms with E-state index in [1.54, 1.807) is 13.0 Å². The van der Waals surface area contributed by atoms with Gasteiger partial charge in [-0.1, -0.05) is 12.5 Å². The number of carbonyl (C=O) groups excluding carboxylic acids is 4. The minimum absolute atomic E-state index is 0.0161. The maximum atomic E-state index is 15.1. The number of rotatable bonds is 12. The van der Waals surface area contributed by atoms with Crippen molar-refractivity contribution in [3.05, 3.63) is 42.5 Å². The van der Waals surface area contributed by atoms with Crippen LogP contribution in [0, 0.1) is 11.8 Å². The van der Waals surface area contributed by atoms with Crippen LogP contribution in [0.15, 0.2) is 36.9 Å². The van der Waals surface area contributed by atoms with Gasteiger partial charge in [0.25, 0.3) is 0 Å². The SMILES string of the molecule is C=CC1[I-]C1(NC(=O)[C@@H]1C[C@@H]2CN1C(=O)[C@H](C1CCCCC1)NC(=O)O[C@@H]1C[C@H]1CCCCCc1c(nc3ccccc3c1OCCCN1CCNCC1)O2)C(=O)NS(=O)(=O)C1(C)CC1. The number of piperazine rings is 1. The molecule has 1 aromatic heterocycles. The summed E-state index contributed by atoms with van der Waals surface area (Å²) in [7, 11) is -3.99. The van der Waals surface area contributed by atoms with Crippen LogP contribution in [-0.4, -0.2) is 129 Å². The van der Waals surface area contributed by atoms with Crippen LogP contribution in [0.5, 0.6) is 11.6 Å². The standard InChI is InChI=1S/C47H65IN7O9S/c1-3-38-47(48-38,44(58)53-65(60,61)46(2)19-20-46)52-41(56)36-28-32-29-55(36)43(57)39(30-13-6-4-7-14-30)51-45(59)64-37-27-31(37)15-8-5-9-17-34-40(62-26-12-23-54-24-21-49-22-25-54)33-16-10-11-18-35(33)50-42(34)63-32/h3,10-11,16,18,30-32,36-39,49H,1,4-9,12-15,17,19-29H2,2H3,(H,51,59)(H,52,56)(H,53,58)/q-1/t31-,32-,36+,37-,38?,39+,47?/m1/s1. The number of alkyl halides is 2. The van der Waals surface area contributed by atoms with E-state index in [0.717, 1.165) is 120 Å². The van der Waals surface area contributed by atoms with Crippen LogP contribution in [0.4, 0.5) is 4.79 Å². The van der Waals surface area contributed by atoms with Gasteiger partial charge >= 0.3 is 327 Å². The van der Waals surface area contributed by atoms with Gasteiger partial charge in [0.1, 0.15) is 0 Å². The number of ether oxygens (including phenoxy) is 3. The number of hydrogen-bond donors (Lipinski definition) is 4. The molecule has 0 radical (unpaired) electrons. The second kappa shape index (κ2) is 19.5. The molecular formula is C47H65IN7O9S-. The molecule has 2 bridgehead atoms. The van der Waals surface area contributed by atoms with Crippen LogP contribution < -0.4 is 51.4 Å². The van der Waals surface area contributed by atoms with Gasteiger partial charge in [-0.15, -0.1) is 0 Å². The summed E-state index contributed by atoms with van der Waals surface area (Å²) in [5.74, 6) is -0.527. The summed E-state index contributed by atoms with van der Waals surface area (Å²) in [6.07, 6.45) is 11.3. The Morgan fingerprint density at radius 3 is 2.49 bits per heavy atom. The summed E-state index contributed by atoms with van der Waals surface area (Å²) < 4.78 is 45.5. The zero-order valence-electron chi connectivity index (χ0n) is 37.5. The van der Waals surface area contributed by atoms with Gasteiger partial charge in [0.2, 0.25) is 0 Å². The van der Waals surface area contributed by atoms with E-state index in [4.69, 9.17) is 19.2 Å². The summed E-state index contributed by atoms with van der Waals surface area (Å²) >= 11 is -1.07. The first-order valence-corrected chi connectivity index (χ1v) is 27.8. The molecule has 16 nitrogen and oxygen atoms in total. The van der Waals surface area contributed by atoms with Crippen molar-refractivity contribution in [2.45, 2.75) is 140 Å². The zero-order chi connectivity index (χ0) is 45.3.